The first-order chi connectivity index (χ1) is 10.2. The SMILES string of the molecule is CCCCCCCCOc1c(Br)cccc1CC(N)CC. The molecule has 0 radical (unpaired) electrons. The molecule has 0 aromatic heterocycles. The molecule has 1 unspecified atom stereocenters. The highest BCUT2D eigenvalue weighted by Gasteiger charge is 2.11. The van der Waals surface area contributed by atoms with Crippen molar-refractivity contribution in [2.75, 3.05) is 6.61 Å². The maximum absolute atomic E-state index is 6.08. The van der Waals surface area contributed by atoms with Crippen molar-refractivity contribution < 1.29 is 4.74 Å². The first-order valence-electron chi connectivity index (χ1n) is 8.34. The average molecular weight is 356 g/mol. The second-order valence-electron chi connectivity index (χ2n) is 5.72. The fraction of sp³-hybridized carbons (Fsp3) is 0.667. The Hall–Kier alpha value is -0.540. The number of rotatable bonds is 11. The number of unbranched alkanes of at least 4 members (excludes halogenated alkanes) is 5. The molecule has 21 heavy (non-hydrogen) atoms. The molecule has 0 fully saturated rings. The minimum Gasteiger partial charge on any atom is -0.492 e. The molecule has 1 aromatic rings. The summed E-state index contributed by atoms with van der Waals surface area (Å²) in [6.07, 6.45) is 9.57. The molecule has 3 heteroatoms. The van der Waals surface area contributed by atoms with E-state index in [4.69, 9.17) is 10.5 Å². The lowest BCUT2D eigenvalue weighted by Gasteiger charge is -2.16. The van der Waals surface area contributed by atoms with Gasteiger partial charge in [0.05, 0.1) is 11.1 Å². The largest absolute Gasteiger partial charge is 0.492 e. The van der Waals surface area contributed by atoms with Crippen LogP contribution in [-0.2, 0) is 6.42 Å². The van der Waals surface area contributed by atoms with Gasteiger partial charge in [0.2, 0.25) is 0 Å². The van der Waals surface area contributed by atoms with Crippen molar-refractivity contribution in [3.8, 4) is 5.75 Å². The van der Waals surface area contributed by atoms with Gasteiger partial charge in [-0.25, -0.2) is 0 Å². The topological polar surface area (TPSA) is 35.2 Å². The lowest BCUT2D eigenvalue weighted by Crippen LogP contribution is -2.21. The van der Waals surface area contributed by atoms with Crippen molar-refractivity contribution in [3.05, 3.63) is 28.2 Å². The van der Waals surface area contributed by atoms with Gasteiger partial charge in [0.25, 0.3) is 0 Å². The Kier molecular flexibility index (Phi) is 9.77. The quantitative estimate of drug-likeness (QED) is 0.534. The Balaban J connectivity index is 2.42. The number of hydrogen-bond acceptors (Lipinski definition) is 2. The Morgan fingerprint density at radius 3 is 2.52 bits per heavy atom. The van der Waals surface area contributed by atoms with E-state index in [-0.39, 0.29) is 6.04 Å². The molecule has 0 aliphatic heterocycles. The fourth-order valence-corrected chi connectivity index (χ4v) is 2.88. The molecule has 0 spiro atoms. The Morgan fingerprint density at radius 1 is 1.10 bits per heavy atom. The second kappa shape index (κ2) is 11.1. The van der Waals surface area contributed by atoms with E-state index in [0.717, 1.165) is 36.1 Å². The zero-order valence-electron chi connectivity index (χ0n) is 13.5. The van der Waals surface area contributed by atoms with Crippen LogP contribution in [0.1, 0.15) is 64.4 Å². The maximum Gasteiger partial charge on any atom is 0.136 e. The van der Waals surface area contributed by atoms with Gasteiger partial charge in [0.15, 0.2) is 0 Å². The van der Waals surface area contributed by atoms with Crippen LogP contribution in [0.25, 0.3) is 0 Å². The highest BCUT2D eigenvalue weighted by molar-refractivity contribution is 9.10. The lowest BCUT2D eigenvalue weighted by molar-refractivity contribution is 0.299. The average Bonchev–Trinajstić information content (AvgIpc) is 2.48. The van der Waals surface area contributed by atoms with Crippen molar-refractivity contribution >= 4 is 15.9 Å². The first kappa shape index (κ1) is 18.5. The van der Waals surface area contributed by atoms with Crippen LogP contribution in [0, 0.1) is 0 Å². The molecular weight excluding hydrogens is 326 g/mol. The zero-order valence-corrected chi connectivity index (χ0v) is 15.1. The molecule has 1 rings (SSSR count). The van der Waals surface area contributed by atoms with Crippen molar-refractivity contribution in [2.45, 2.75) is 71.3 Å². The minimum atomic E-state index is 0.204. The van der Waals surface area contributed by atoms with Gasteiger partial charge in [-0.1, -0.05) is 58.1 Å². The molecule has 2 nitrogen and oxygen atoms in total. The van der Waals surface area contributed by atoms with E-state index in [1.165, 1.54) is 37.7 Å². The predicted octanol–water partition coefficient (Wildman–Crippen LogP) is 5.47. The van der Waals surface area contributed by atoms with Crippen LogP contribution in [0.5, 0.6) is 5.75 Å². The fourth-order valence-electron chi connectivity index (χ4n) is 2.36. The Morgan fingerprint density at radius 2 is 1.81 bits per heavy atom. The van der Waals surface area contributed by atoms with Gasteiger partial charge in [-0.3, -0.25) is 0 Å². The summed E-state index contributed by atoms with van der Waals surface area (Å²) in [7, 11) is 0. The smallest absolute Gasteiger partial charge is 0.136 e. The summed E-state index contributed by atoms with van der Waals surface area (Å²) in [4.78, 5) is 0. The number of hydrogen-bond donors (Lipinski definition) is 1. The molecule has 0 saturated heterocycles. The van der Waals surface area contributed by atoms with Crippen molar-refractivity contribution in [3.63, 3.8) is 0 Å². The van der Waals surface area contributed by atoms with E-state index in [0.29, 0.717) is 0 Å². The van der Waals surface area contributed by atoms with Gasteiger partial charge in [-0.05, 0) is 46.8 Å². The van der Waals surface area contributed by atoms with Gasteiger partial charge >= 0.3 is 0 Å². The molecule has 0 heterocycles. The number of para-hydroxylation sites is 1. The summed E-state index contributed by atoms with van der Waals surface area (Å²) in [5.74, 6) is 0.981. The van der Waals surface area contributed by atoms with Crippen LogP contribution in [0.3, 0.4) is 0 Å². The van der Waals surface area contributed by atoms with Gasteiger partial charge in [-0.2, -0.15) is 0 Å². The van der Waals surface area contributed by atoms with Gasteiger partial charge in [-0.15, -0.1) is 0 Å². The van der Waals surface area contributed by atoms with E-state index in [2.05, 4.69) is 41.9 Å². The lowest BCUT2D eigenvalue weighted by atomic mass is 10.0. The number of nitrogens with two attached hydrogens (primary N) is 1. The summed E-state index contributed by atoms with van der Waals surface area (Å²) >= 11 is 3.60. The summed E-state index contributed by atoms with van der Waals surface area (Å²) in [6.45, 7) is 5.17. The molecule has 1 aromatic carbocycles. The standard InChI is InChI=1S/C18H30BrNO/c1-3-5-6-7-8-9-13-21-18-15(14-16(20)4-2)11-10-12-17(18)19/h10-12,16H,3-9,13-14,20H2,1-2H3. The maximum atomic E-state index is 6.08. The summed E-state index contributed by atoms with van der Waals surface area (Å²) in [5, 5.41) is 0. The van der Waals surface area contributed by atoms with Crippen LogP contribution in [0.4, 0.5) is 0 Å². The zero-order chi connectivity index (χ0) is 15.5. The van der Waals surface area contributed by atoms with Crippen LogP contribution in [0.2, 0.25) is 0 Å². The molecule has 0 bridgehead atoms. The molecule has 2 N–H and O–H groups in total. The number of halogens is 1. The van der Waals surface area contributed by atoms with Gasteiger partial charge in [0.1, 0.15) is 5.75 Å². The van der Waals surface area contributed by atoms with Crippen LogP contribution >= 0.6 is 15.9 Å². The molecule has 0 saturated carbocycles. The summed E-state index contributed by atoms with van der Waals surface area (Å²) in [5.41, 5.74) is 7.29. The van der Waals surface area contributed by atoms with E-state index < -0.39 is 0 Å². The third-order valence-corrected chi connectivity index (χ3v) is 4.42. The molecular formula is C18H30BrNO. The normalized spacial score (nSPS) is 12.4. The third kappa shape index (κ3) is 7.32. The molecule has 0 aliphatic rings. The van der Waals surface area contributed by atoms with Gasteiger partial charge in [0, 0.05) is 6.04 Å². The van der Waals surface area contributed by atoms with Crippen LogP contribution < -0.4 is 10.5 Å². The monoisotopic (exact) mass is 355 g/mol. The summed E-state index contributed by atoms with van der Waals surface area (Å²) < 4.78 is 7.05. The van der Waals surface area contributed by atoms with Gasteiger partial charge < -0.3 is 10.5 Å². The molecule has 0 aliphatic carbocycles. The molecule has 0 amide bonds. The van der Waals surface area contributed by atoms with Crippen molar-refractivity contribution in [2.24, 2.45) is 5.73 Å². The summed E-state index contributed by atoms with van der Waals surface area (Å²) in [6, 6.07) is 6.42. The predicted molar refractivity (Wildman–Crippen MR) is 95.0 cm³/mol. The Labute approximate surface area is 138 Å². The van der Waals surface area contributed by atoms with Crippen LogP contribution in [-0.4, -0.2) is 12.6 Å². The van der Waals surface area contributed by atoms with E-state index in [9.17, 15) is 0 Å². The number of benzene rings is 1. The second-order valence-corrected chi connectivity index (χ2v) is 6.57. The van der Waals surface area contributed by atoms with E-state index >= 15 is 0 Å². The molecule has 1 atom stereocenters. The highest BCUT2D eigenvalue weighted by Crippen LogP contribution is 2.30. The van der Waals surface area contributed by atoms with E-state index in [1.807, 2.05) is 6.07 Å². The number of ether oxygens (including phenoxy) is 1. The third-order valence-electron chi connectivity index (χ3n) is 3.80. The first-order valence-corrected chi connectivity index (χ1v) is 9.14. The van der Waals surface area contributed by atoms with Crippen LogP contribution in [0.15, 0.2) is 22.7 Å². The van der Waals surface area contributed by atoms with E-state index in [1.54, 1.807) is 0 Å². The van der Waals surface area contributed by atoms with Crippen molar-refractivity contribution in [1.29, 1.82) is 0 Å². The minimum absolute atomic E-state index is 0.204. The Bertz CT molecular complexity index is 395. The molecule has 120 valence electrons. The van der Waals surface area contributed by atoms with Crippen molar-refractivity contribution in [1.82, 2.24) is 0 Å². The highest BCUT2D eigenvalue weighted by atomic mass is 79.9.